The lowest BCUT2D eigenvalue weighted by Crippen LogP contribution is -2.32. The van der Waals surface area contributed by atoms with Crippen LogP contribution >= 0.6 is 11.8 Å². The molecule has 1 atom stereocenters. The van der Waals surface area contributed by atoms with Crippen molar-refractivity contribution in [2.75, 3.05) is 12.8 Å². The van der Waals surface area contributed by atoms with Crippen LogP contribution < -0.4 is 5.32 Å². The lowest BCUT2D eigenvalue weighted by atomic mass is 9.95. The normalized spacial score (nSPS) is 18.1. The molecule has 1 aromatic rings. The van der Waals surface area contributed by atoms with Crippen molar-refractivity contribution in [3.8, 4) is 0 Å². The highest BCUT2D eigenvalue weighted by Crippen LogP contribution is 2.30. The second-order valence-electron chi connectivity index (χ2n) is 5.24. The Morgan fingerprint density at radius 1 is 1.22 bits per heavy atom. The van der Waals surface area contributed by atoms with Crippen LogP contribution in [0, 0.1) is 5.92 Å². The predicted molar refractivity (Wildman–Crippen MR) is 81.2 cm³/mol. The van der Waals surface area contributed by atoms with E-state index in [0.717, 1.165) is 12.0 Å². The zero-order valence-corrected chi connectivity index (χ0v) is 12.2. The average molecular weight is 263 g/mol. The number of thioether (sulfide) groups is 1. The monoisotopic (exact) mass is 263 g/mol. The minimum Gasteiger partial charge on any atom is -0.317 e. The fourth-order valence-electron chi connectivity index (χ4n) is 2.99. The number of benzene rings is 1. The standard InChI is InChI=1S/C16H25NS/c1-17-16(14-8-5-6-9-14)12-7-13-18-15-10-3-2-4-11-15/h2-4,10-11,14,16-17H,5-9,12-13H2,1H3. The van der Waals surface area contributed by atoms with Crippen LogP contribution in [0.15, 0.2) is 35.2 Å². The summed E-state index contributed by atoms with van der Waals surface area (Å²) in [5, 5.41) is 3.53. The summed E-state index contributed by atoms with van der Waals surface area (Å²) in [7, 11) is 2.13. The number of hydrogen-bond acceptors (Lipinski definition) is 2. The van der Waals surface area contributed by atoms with Crippen LogP contribution in [0.1, 0.15) is 38.5 Å². The van der Waals surface area contributed by atoms with Crippen LogP contribution in [0.25, 0.3) is 0 Å². The molecule has 0 saturated heterocycles. The number of hydrogen-bond donors (Lipinski definition) is 1. The molecule has 1 N–H and O–H groups in total. The fourth-order valence-corrected chi connectivity index (χ4v) is 3.88. The van der Waals surface area contributed by atoms with Crippen molar-refractivity contribution in [1.29, 1.82) is 0 Å². The van der Waals surface area contributed by atoms with Crippen LogP contribution in [-0.4, -0.2) is 18.8 Å². The fraction of sp³-hybridized carbons (Fsp3) is 0.625. The minimum atomic E-state index is 0.754. The second kappa shape index (κ2) is 7.85. The van der Waals surface area contributed by atoms with Crippen molar-refractivity contribution in [3.05, 3.63) is 30.3 Å². The Morgan fingerprint density at radius 3 is 2.61 bits per heavy atom. The van der Waals surface area contributed by atoms with E-state index in [1.165, 1.54) is 49.2 Å². The molecule has 1 saturated carbocycles. The van der Waals surface area contributed by atoms with Gasteiger partial charge in [0.15, 0.2) is 0 Å². The van der Waals surface area contributed by atoms with Gasteiger partial charge in [0.1, 0.15) is 0 Å². The van der Waals surface area contributed by atoms with E-state index in [9.17, 15) is 0 Å². The van der Waals surface area contributed by atoms with Gasteiger partial charge in [-0.1, -0.05) is 31.0 Å². The Kier molecular flexibility index (Phi) is 6.09. The average Bonchev–Trinajstić information content (AvgIpc) is 2.94. The molecule has 1 nitrogen and oxygen atoms in total. The summed E-state index contributed by atoms with van der Waals surface area (Å²) in [4.78, 5) is 1.40. The van der Waals surface area contributed by atoms with Gasteiger partial charge in [-0.2, -0.15) is 0 Å². The van der Waals surface area contributed by atoms with Crippen LogP contribution in [-0.2, 0) is 0 Å². The topological polar surface area (TPSA) is 12.0 Å². The largest absolute Gasteiger partial charge is 0.317 e. The van der Waals surface area contributed by atoms with Crippen LogP contribution in [0.4, 0.5) is 0 Å². The Balaban J connectivity index is 1.64. The molecule has 0 aliphatic heterocycles. The first-order valence-corrected chi connectivity index (χ1v) is 8.24. The molecule has 1 aromatic carbocycles. The first-order valence-electron chi connectivity index (χ1n) is 7.25. The highest BCUT2D eigenvalue weighted by molar-refractivity contribution is 7.99. The molecular weight excluding hydrogens is 238 g/mol. The van der Waals surface area contributed by atoms with Crippen molar-refractivity contribution in [2.24, 2.45) is 5.92 Å². The van der Waals surface area contributed by atoms with Crippen molar-refractivity contribution < 1.29 is 0 Å². The van der Waals surface area contributed by atoms with Crippen LogP contribution in [0.3, 0.4) is 0 Å². The maximum Gasteiger partial charge on any atom is 0.00926 e. The van der Waals surface area contributed by atoms with Crippen molar-refractivity contribution in [1.82, 2.24) is 5.32 Å². The first-order chi connectivity index (χ1) is 8.90. The smallest absolute Gasteiger partial charge is 0.00926 e. The maximum absolute atomic E-state index is 3.53. The zero-order valence-electron chi connectivity index (χ0n) is 11.4. The van der Waals surface area contributed by atoms with Gasteiger partial charge in [-0.25, -0.2) is 0 Å². The van der Waals surface area contributed by atoms with Gasteiger partial charge in [-0.15, -0.1) is 11.8 Å². The first kappa shape index (κ1) is 14.0. The van der Waals surface area contributed by atoms with Gasteiger partial charge in [0, 0.05) is 10.9 Å². The van der Waals surface area contributed by atoms with Crippen LogP contribution in [0.2, 0.25) is 0 Å². The van der Waals surface area contributed by atoms with Gasteiger partial charge in [0.25, 0.3) is 0 Å². The molecule has 0 heterocycles. The van der Waals surface area contributed by atoms with E-state index in [-0.39, 0.29) is 0 Å². The molecule has 1 fully saturated rings. The SMILES string of the molecule is CNC(CCCSc1ccccc1)C1CCCC1. The maximum atomic E-state index is 3.53. The van der Waals surface area contributed by atoms with E-state index in [0.29, 0.717) is 0 Å². The van der Waals surface area contributed by atoms with Gasteiger partial charge in [0.2, 0.25) is 0 Å². The molecule has 1 aliphatic rings. The van der Waals surface area contributed by atoms with E-state index in [4.69, 9.17) is 0 Å². The van der Waals surface area contributed by atoms with Gasteiger partial charge in [0.05, 0.1) is 0 Å². The zero-order chi connectivity index (χ0) is 12.6. The molecular formula is C16H25NS. The molecule has 0 radical (unpaired) electrons. The molecule has 2 heteroatoms. The molecule has 1 unspecified atom stereocenters. The number of nitrogens with one attached hydrogen (secondary N) is 1. The number of rotatable bonds is 7. The summed E-state index contributed by atoms with van der Waals surface area (Å²) in [5.41, 5.74) is 0. The summed E-state index contributed by atoms with van der Waals surface area (Å²) in [5.74, 6) is 2.19. The third-order valence-corrected chi connectivity index (χ3v) is 5.11. The molecule has 0 bridgehead atoms. The molecule has 100 valence electrons. The Labute approximate surface area is 116 Å². The van der Waals surface area contributed by atoms with E-state index in [2.05, 4.69) is 42.7 Å². The molecule has 1 aliphatic carbocycles. The van der Waals surface area contributed by atoms with E-state index >= 15 is 0 Å². The molecule has 0 aromatic heterocycles. The molecule has 18 heavy (non-hydrogen) atoms. The van der Waals surface area contributed by atoms with E-state index in [1.54, 1.807) is 0 Å². The van der Waals surface area contributed by atoms with Gasteiger partial charge in [-0.3, -0.25) is 0 Å². The van der Waals surface area contributed by atoms with Crippen molar-refractivity contribution >= 4 is 11.8 Å². The molecule has 0 spiro atoms. The van der Waals surface area contributed by atoms with Gasteiger partial charge >= 0.3 is 0 Å². The lowest BCUT2D eigenvalue weighted by Gasteiger charge is -2.22. The van der Waals surface area contributed by atoms with Crippen molar-refractivity contribution in [3.63, 3.8) is 0 Å². The minimum absolute atomic E-state index is 0.754. The Bertz CT molecular complexity index is 319. The summed E-state index contributed by atoms with van der Waals surface area (Å²) in [6.07, 6.45) is 8.43. The molecule has 0 amide bonds. The van der Waals surface area contributed by atoms with Gasteiger partial charge < -0.3 is 5.32 Å². The van der Waals surface area contributed by atoms with Gasteiger partial charge in [-0.05, 0) is 56.5 Å². The van der Waals surface area contributed by atoms with Crippen LogP contribution in [0.5, 0.6) is 0 Å². The van der Waals surface area contributed by atoms with Crippen molar-refractivity contribution in [2.45, 2.75) is 49.5 Å². The third-order valence-electron chi connectivity index (χ3n) is 4.01. The predicted octanol–water partition coefficient (Wildman–Crippen LogP) is 4.34. The Hall–Kier alpha value is -0.470. The lowest BCUT2D eigenvalue weighted by molar-refractivity contribution is 0.358. The summed E-state index contributed by atoms with van der Waals surface area (Å²) in [6, 6.07) is 11.5. The molecule has 2 rings (SSSR count). The quantitative estimate of drug-likeness (QED) is 0.580. The van der Waals surface area contributed by atoms with E-state index in [1.807, 2.05) is 11.8 Å². The Morgan fingerprint density at radius 2 is 1.94 bits per heavy atom. The summed E-state index contributed by atoms with van der Waals surface area (Å²) < 4.78 is 0. The summed E-state index contributed by atoms with van der Waals surface area (Å²) >= 11 is 1.99. The summed E-state index contributed by atoms with van der Waals surface area (Å²) in [6.45, 7) is 0. The highest BCUT2D eigenvalue weighted by Gasteiger charge is 2.22. The van der Waals surface area contributed by atoms with E-state index < -0.39 is 0 Å². The highest BCUT2D eigenvalue weighted by atomic mass is 32.2. The second-order valence-corrected chi connectivity index (χ2v) is 6.41. The third kappa shape index (κ3) is 4.33.